The van der Waals surface area contributed by atoms with Crippen LogP contribution in [0.1, 0.15) is 17.8 Å². The van der Waals surface area contributed by atoms with Crippen molar-refractivity contribution in [3.63, 3.8) is 0 Å². The van der Waals surface area contributed by atoms with Crippen molar-refractivity contribution in [1.82, 2.24) is 10.3 Å². The number of aromatic nitrogens is 1. The van der Waals surface area contributed by atoms with E-state index in [0.717, 1.165) is 24.9 Å². The SMILES string of the molecule is C1=CCC(NCc2nc3ccccc3s2)C1. The molecule has 0 atom stereocenters. The molecule has 1 aromatic carbocycles. The zero-order valence-corrected chi connectivity index (χ0v) is 9.83. The molecule has 16 heavy (non-hydrogen) atoms. The first-order chi connectivity index (χ1) is 7.92. The first-order valence-electron chi connectivity index (χ1n) is 5.64. The Morgan fingerprint density at radius 2 is 2.06 bits per heavy atom. The van der Waals surface area contributed by atoms with E-state index in [1.165, 1.54) is 9.71 Å². The number of nitrogens with one attached hydrogen (secondary N) is 1. The van der Waals surface area contributed by atoms with Crippen LogP contribution in [-0.2, 0) is 6.54 Å². The third kappa shape index (κ3) is 2.01. The summed E-state index contributed by atoms with van der Waals surface area (Å²) in [5.41, 5.74) is 1.12. The molecule has 1 aromatic heterocycles. The predicted molar refractivity (Wildman–Crippen MR) is 68.6 cm³/mol. The third-order valence-corrected chi connectivity index (χ3v) is 3.92. The van der Waals surface area contributed by atoms with Crippen LogP contribution in [0.5, 0.6) is 0 Å². The van der Waals surface area contributed by atoms with Crippen LogP contribution in [0.3, 0.4) is 0 Å². The van der Waals surface area contributed by atoms with Crippen LogP contribution in [-0.4, -0.2) is 11.0 Å². The molecule has 0 amide bonds. The maximum atomic E-state index is 4.61. The minimum atomic E-state index is 0.618. The van der Waals surface area contributed by atoms with E-state index in [0.29, 0.717) is 6.04 Å². The second-order valence-corrected chi connectivity index (χ2v) is 5.21. The van der Waals surface area contributed by atoms with Gasteiger partial charge in [0.2, 0.25) is 0 Å². The number of hydrogen-bond acceptors (Lipinski definition) is 3. The minimum absolute atomic E-state index is 0.618. The van der Waals surface area contributed by atoms with Gasteiger partial charge in [0.05, 0.1) is 10.2 Å². The molecule has 3 rings (SSSR count). The Morgan fingerprint density at radius 1 is 1.25 bits per heavy atom. The van der Waals surface area contributed by atoms with Gasteiger partial charge in [0.15, 0.2) is 0 Å². The summed E-state index contributed by atoms with van der Waals surface area (Å²) in [5, 5.41) is 4.73. The van der Waals surface area contributed by atoms with Crippen molar-refractivity contribution >= 4 is 21.6 Å². The largest absolute Gasteiger partial charge is 0.307 e. The minimum Gasteiger partial charge on any atom is -0.307 e. The molecule has 0 saturated heterocycles. The lowest BCUT2D eigenvalue weighted by Gasteiger charge is -2.09. The predicted octanol–water partition coefficient (Wildman–Crippen LogP) is 3.10. The lowest BCUT2D eigenvalue weighted by atomic mass is 10.2. The van der Waals surface area contributed by atoms with Gasteiger partial charge in [-0.1, -0.05) is 24.3 Å². The molecule has 0 aliphatic heterocycles. The molecule has 1 N–H and O–H groups in total. The molecule has 0 radical (unpaired) electrons. The van der Waals surface area contributed by atoms with Gasteiger partial charge in [-0.3, -0.25) is 0 Å². The number of nitrogens with zero attached hydrogens (tertiary/aromatic N) is 1. The Hall–Kier alpha value is -1.19. The first kappa shape index (κ1) is 10.00. The summed E-state index contributed by atoms with van der Waals surface area (Å²) < 4.78 is 1.28. The van der Waals surface area contributed by atoms with Gasteiger partial charge in [-0.05, 0) is 25.0 Å². The van der Waals surface area contributed by atoms with Crippen LogP contribution >= 0.6 is 11.3 Å². The van der Waals surface area contributed by atoms with E-state index < -0.39 is 0 Å². The van der Waals surface area contributed by atoms with Gasteiger partial charge in [-0.25, -0.2) is 4.98 Å². The molecular weight excluding hydrogens is 216 g/mol. The topological polar surface area (TPSA) is 24.9 Å². The molecule has 0 bridgehead atoms. The van der Waals surface area contributed by atoms with E-state index in [1.807, 2.05) is 6.07 Å². The van der Waals surface area contributed by atoms with Crippen LogP contribution < -0.4 is 5.32 Å². The molecule has 1 aliphatic rings. The average molecular weight is 230 g/mol. The summed E-state index contributed by atoms with van der Waals surface area (Å²) in [7, 11) is 0. The summed E-state index contributed by atoms with van der Waals surface area (Å²) in [4.78, 5) is 4.61. The van der Waals surface area contributed by atoms with Crippen molar-refractivity contribution < 1.29 is 0 Å². The summed E-state index contributed by atoms with van der Waals surface area (Å²) in [6.07, 6.45) is 6.81. The number of fused-ring (bicyclic) bond motifs is 1. The van der Waals surface area contributed by atoms with Crippen molar-refractivity contribution in [1.29, 1.82) is 0 Å². The van der Waals surface area contributed by atoms with Crippen LogP contribution in [0, 0.1) is 0 Å². The second-order valence-electron chi connectivity index (χ2n) is 4.10. The van der Waals surface area contributed by atoms with Crippen molar-refractivity contribution in [3.05, 3.63) is 41.4 Å². The number of benzene rings is 1. The third-order valence-electron chi connectivity index (χ3n) is 2.89. The van der Waals surface area contributed by atoms with Crippen LogP contribution in [0.4, 0.5) is 0 Å². The van der Waals surface area contributed by atoms with E-state index in [9.17, 15) is 0 Å². The molecule has 0 saturated carbocycles. The highest BCUT2D eigenvalue weighted by Crippen LogP contribution is 2.21. The quantitative estimate of drug-likeness (QED) is 0.820. The van der Waals surface area contributed by atoms with Crippen molar-refractivity contribution in [2.75, 3.05) is 0 Å². The van der Waals surface area contributed by atoms with E-state index in [4.69, 9.17) is 0 Å². The highest BCUT2D eigenvalue weighted by atomic mass is 32.1. The Bertz CT molecular complexity index is 474. The lowest BCUT2D eigenvalue weighted by molar-refractivity contribution is 0.538. The summed E-state index contributed by atoms with van der Waals surface area (Å²) in [6.45, 7) is 0.895. The highest BCUT2D eigenvalue weighted by Gasteiger charge is 2.10. The Kier molecular flexibility index (Phi) is 2.72. The molecule has 1 aliphatic carbocycles. The molecule has 0 unspecified atom stereocenters. The fraction of sp³-hybridized carbons (Fsp3) is 0.308. The van der Waals surface area contributed by atoms with Gasteiger partial charge in [0, 0.05) is 12.6 Å². The highest BCUT2D eigenvalue weighted by molar-refractivity contribution is 7.18. The smallest absolute Gasteiger partial charge is 0.108 e. The zero-order valence-electron chi connectivity index (χ0n) is 9.02. The molecule has 0 fully saturated rings. The van der Waals surface area contributed by atoms with E-state index >= 15 is 0 Å². The van der Waals surface area contributed by atoms with Crippen LogP contribution in [0.15, 0.2) is 36.4 Å². The monoisotopic (exact) mass is 230 g/mol. The van der Waals surface area contributed by atoms with Gasteiger partial charge in [0.25, 0.3) is 0 Å². The second kappa shape index (κ2) is 4.36. The Morgan fingerprint density at radius 3 is 2.88 bits per heavy atom. The van der Waals surface area contributed by atoms with Crippen molar-refractivity contribution in [2.24, 2.45) is 0 Å². The van der Waals surface area contributed by atoms with Gasteiger partial charge in [0.1, 0.15) is 5.01 Å². The van der Waals surface area contributed by atoms with Gasteiger partial charge >= 0.3 is 0 Å². The zero-order chi connectivity index (χ0) is 10.8. The summed E-state index contributed by atoms with van der Waals surface area (Å²) in [5.74, 6) is 0. The number of thiazole rings is 1. The molecule has 0 spiro atoms. The van der Waals surface area contributed by atoms with E-state index in [1.54, 1.807) is 11.3 Å². The fourth-order valence-electron chi connectivity index (χ4n) is 2.01. The molecule has 3 heteroatoms. The van der Waals surface area contributed by atoms with Crippen LogP contribution in [0.2, 0.25) is 0 Å². The Balaban J connectivity index is 1.69. The van der Waals surface area contributed by atoms with Crippen molar-refractivity contribution in [3.8, 4) is 0 Å². The standard InChI is InChI=1S/C13H14N2S/c1-2-6-10(5-1)14-9-13-15-11-7-3-4-8-12(11)16-13/h1-4,7-8,10,14H,5-6,9H2. The normalized spacial score (nSPS) is 16.2. The van der Waals surface area contributed by atoms with E-state index in [2.05, 4.69) is 40.7 Å². The first-order valence-corrected chi connectivity index (χ1v) is 6.46. The van der Waals surface area contributed by atoms with E-state index in [-0.39, 0.29) is 0 Å². The van der Waals surface area contributed by atoms with Crippen molar-refractivity contribution in [2.45, 2.75) is 25.4 Å². The van der Waals surface area contributed by atoms with Crippen LogP contribution in [0.25, 0.3) is 10.2 Å². The molecule has 2 aromatic rings. The summed E-state index contributed by atoms with van der Waals surface area (Å²) in [6, 6.07) is 8.94. The maximum Gasteiger partial charge on any atom is 0.108 e. The van der Waals surface area contributed by atoms with Gasteiger partial charge in [-0.15, -0.1) is 11.3 Å². The number of hydrogen-bond donors (Lipinski definition) is 1. The Labute approximate surface area is 99.0 Å². The lowest BCUT2D eigenvalue weighted by Crippen LogP contribution is -2.25. The van der Waals surface area contributed by atoms with Gasteiger partial charge in [-0.2, -0.15) is 0 Å². The van der Waals surface area contributed by atoms with Gasteiger partial charge < -0.3 is 5.32 Å². The molecule has 2 nitrogen and oxygen atoms in total. The fourth-order valence-corrected chi connectivity index (χ4v) is 2.93. The number of rotatable bonds is 3. The molecule has 1 heterocycles. The number of para-hydroxylation sites is 1. The molecule has 82 valence electrons. The maximum absolute atomic E-state index is 4.61. The molecular formula is C13H14N2S. The summed E-state index contributed by atoms with van der Waals surface area (Å²) >= 11 is 1.79. The average Bonchev–Trinajstić information content (AvgIpc) is 2.95.